The number of fused-ring (bicyclic) bond motifs is 6. The minimum atomic E-state index is 0.470. The molecule has 3 aromatic heterocycles. The van der Waals surface area contributed by atoms with Gasteiger partial charge in [-0.15, -0.1) is 0 Å². The van der Waals surface area contributed by atoms with Gasteiger partial charge in [-0.1, -0.05) is 140 Å². The van der Waals surface area contributed by atoms with E-state index in [4.69, 9.17) is 9.97 Å². The molecule has 0 aliphatic heterocycles. The molecule has 0 saturated carbocycles. The number of rotatable bonds is 6. The number of hydrogen-bond acceptors (Lipinski definition) is 4. The molecule has 11 aromatic rings. The van der Waals surface area contributed by atoms with Crippen molar-refractivity contribution >= 4 is 43.6 Å². The predicted molar refractivity (Wildman–Crippen MR) is 242 cm³/mol. The van der Waals surface area contributed by atoms with Gasteiger partial charge in [0.1, 0.15) is 6.07 Å². The lowest BCUT2D eigenvalue weighted by molar-refractivity contribution is 1.15. The summed E-state index contributed by atoms with van der Waals surface area (Å²) in [5, 5.41) is 25.9. The second-order valence-corrected chi connectivity index (χ2v) is 14.8. The maximum absolute atomic E-state index is 10.7. The van der Waals surface area contributed by atoms with Crippen LogP contribution in [0.5, 0.6) is 0 Å². The third-order valence-corrected chi connectivity index (χ3v) is 11.4. The first-order valence-electron chi connectivity index (χ1n) is 19.8. The van der Waals surface area contributed by atoms with Crippen LogP contribution in [0.15, 0.2) is 194 Å². The second kappa shape index (κ2) is 14.1. The molecule has 0 saturated heterocycles. The third-order valence-electron chi connectivity index (χ3n) is 11.4. The van der Waals surface area contributed by atoms with Gasteiger partial charge in [0.05, 0.1) is 56.3 Å². The van der Waals surface area contributed by atoms with Crippen LogP contribution < -0.4 is 0 Å². The van der Waals surface area contributed by atoms with Crippen LogP contribution in [0.3, 0.4) is 0 Å². The molecule has 278 valence electrons. The van der Waals surface area contributed by atoms with Crippen LogP contribution >= 0.6 is 0 Å². The van der Waals surface area contributed by atoms with Crippen molar-refractivity contribution in [3.05, 3.63) is 205 Å². The standard InChI is InChI=1S/C54H32N6/c55-33-39-30-53(60-51-22-12-9-19-44(51)46-31-41(27-28-52(46)60)59-49-20-10-7-17-42(49)43-18-8-11-21-50(43)59)40(34-56)29-45(39)35-23-25-37(26-24-35)48-32-47(36-13-3-1-4-14-36)57-54(58-48)38-15-5-2-6-16-38/h1-32H. The summed E-state index contributed by atoms with van der Waals surface area (Å²) in [5.74, 6) is 0.644. The van der Waals surface area contributed by atoms with Crippen molar-refractivity contribution in [3.63, 3.8) is 0 Å². The molecule has 0 radical (unpaired) electrons. The average Bonchev–Trinajstić information content (AvgIpc) is 3.84. The predicted octanol–water partition coefficient (Wildman–Crippen LogP) is 13.1. The Morgan fingerprint density at radius 2 is 0.850 bits per heavy atom. The number of nitrogens with zero attached hydrogens (tertiary/aromatic N) is 6. The fourth-order valence-electron chi connectivity index (χ4n) is 8.64. The van der Waals surface area contributed by atoms with E-state index in [1.165, 1.54) is 10.8 Å². The van der Waals surface area contributed by atoms with Gasteiger partial charge in [0.2, 0.25) is 0 Å². The Hall–Kier alpha value is -8.58. The number of nitriles is 2. The van der Waals surface area contributed by atoms with E-state index in [9.17, 15) is 10.5 Å². The van der Waals surface area contributed by atoms with Crippen LogP contribution in [-0.4, -0.2) is 19.1 Å². The number of para-hydroxylation sites is 3. The number of hydrogen-bond donors (Lipinski definition) is 0. The lowest BCUT2D eigenvalue weighted by atomic mass is 9.95. The molecule has 8 aromatic carbocycles. The summed E-state index contributed by atoms with van der Waals surface area (Å²) < 4.78 is 4.44. The summed E-state index contributed by atoms with van der Waals surface area (Å²) in [5.41, 5.74) is 12.8. The SMILES string of the molecule is N#Cc1cc(-n2c3ccccc3c3cc(-n4c5ccccc5c5ccccc54)ccc32)c(C#N)cc1-c1ccc(-c2cc(-c3ccccc3)nc(-c3ccccc3)n2)cc1. The van der Waals surface area contributed by atoms with Gasteiger partial charge in [-0.3, -0.25) is 0 Å². The molecule has 0 amide bonds. The molecular formula is C54H32N6. The van der Waals surface area contributed by atoms with Gasteiger partial charge in [-0.05, 0) is 60.2 Å². The summed E-state index contributed by atoms with van der Waals surface area (Å²) in [6, 6.07) is 70.6. The van der Waals surface area contributed by atoms with E-state index in [2.05, 4.69) is 100 Å². The van der Waals surface area contributed by atoms with Crippen molar-refractivity contribution in [2.45, 2.75) is 0 Å². The molecule has 6 heteroatoms. The molecule has 0 bridgehead atoms. The van der Waals surface area contributed by atoms with Crippen molar-refractivity contribution in [3.8, 4) is 68.5 Å². The van der Waals surface area contributed by atoms with Crippen LogP contribution in [0, 0.1) is 22.7 Å². The van der Waals surface area contributed by atoms with E-state index >= 15 is 0 Å². The Kier molecular flexibility index (Phi) is 8.15. The van der Waals surface area contributed by atoms with Crippen molar-refractivity contribution in [1.82, 2.24) is 19.1 Å². The van der Waals surface area contributed by atoms with Gasteiger partial charge in [-0.2, -0.15) is 10.5 Å². The van der Waals surface area contributed by atoms with E-state index in [0.717, 1.165) is 72.2 Å². The minimum Gasteiger partial charge on any atom is -0.309 e. The summed E-state index contributed by atoms with van der Waals surface area (Å²) in [7, 11) is 0. The largest absolute Gasteiger partial charge is 0.309 e. The molecule has 3 heterocycles. The van der Waals surface area contributed by atoms with Gasteiger partial charge >= 0.3 is 0 Å². The maximum Gasteiger partial charge on any atom is 0.160 e. The third kappa shape index (κ3) is 5.63. The van der Waals surface area contributed by atoms with Crippen LogP contribution in [0.25, 0.3) is 100 Å². The molecule has 60 heavy (non-hydrogen) atoms. The monoisotopic (exact) mass is 764 g/mol. The number of aromatic nitrogens is 4. The van der Waals surface area contributed by atoms with Crippen molar-refractivity contribution in [2.24, 2.45) is 0 Å². The molecule has 0 unspecified atom stereocenters. The average molecular weight is 765 g/mol. The maximum atomic E-state index is 10.7. The van der Waals surface area contributed by atoms with E-state index in [0.29, 0.717) is 28.2 Å². The minimum absolute atomic E-state index is 0.470. The van der Waals surface area contributed by atoms with Gasteiger partial charge < -0.3 is 9.13 Å². The summed E-state index contributed by atoms with van der Waals surface area (Å²) in [6.45, 7) is 0. The highest BCUT2D eigenvalue weighted by Crippen LogP contribution is 2.39. The Bertz CT molecular complexity index is 3440. The molecule has 0 spiro atoms. The first-order chi connectivity index (χ1) is 29.7. The van der Waals surface area contributed by atoms with Crippen molar-refractivity contribution in [2.75, 3.05) is 0 Å². The fraction of sp³-hybridized carbons (Fsp3) is 0. The van der Waals surface area contributed by atoms with Crippen LogP contribution in [0.2, 0.25) is 0 Å². The highest BCUT2D eigenvalue weighted by Gasteiger charge is 2.20. The Balaban J connectivity index is 1.02. The Morgan fingerprint density at radius 3 is 1.45 bits per heavy atom. The first kappa shape index (κ1) is 34.7. The van der Waals surface area contributed by atoms with E-state index in [-0.39, 0.29) is 0 Å². The van der Waals surface area contributed by atoms with Crippen LogP contribution in [-0.2, 0) is 0 Å². The van der Waals surface area contributed by atoms with Crippen molar-refractivity contribution < 1.29 is 0 Å². The summed E-state index contributed by atoms with van der Waals surface area (Å²) in [4.78, 5) is 9.92. The van der Waals surface area contributed by atoms with Crippen molar-refractivity contribution in [1.29, 1.82) is 10.5 Å². The zero-order valence-electron chi connectivity index (χ0n) is 32.2. The Morgan fingerprint density at radius 1 is 0.367 bits per heavy atom. The highest BCUT2D eigenvalue weighted by molar-refractivity contribution is 6.12. The molecule has 0 aliphatic rings. The quantitative estimate of drug-likeness (QED) is 0.169. The molecule has 6 nitrogen and oxygen atoms in total. The molecule has 0 N–H and O–H groups in total. The zero-order chi connectivity index (χ0) is 40.2. The van der Waals surface area contributed by atoms with E-state index < -0.39 is 0 Å². The first-order valence-corrected chi connectivity index (χ1v) is 19.8. The highest BCUT2D eigenvalue weighted by atomic mass is 15.0. The van der Waals surface area contributed by atoms with Crippen LogP contribution in [0.1, 0.15) is 11.1 Å². The summed E-state index contributed by atoms with van der Waals surface area (Å²) in [6.07, 6.45) is 0. The van der Waals surface area contributed by atoms with Gasteiger partial charge in [0, 0.05) is 49.5 Å². The fourth-order valence-corrected chi connectivity index (χ4v) is 8.64. The van der Waals surface area contributed by atoms with E-state index in [1.807, 2.05) is 115 Å². The van der Waals surface area contributed by atoms with E-state index in [1.54, 1.807) is 0 Å². The van der Waals surface area contributed by atoms with Crippen LogP contribution in [0.4, 0.5) is 0 Å². The number of benzene rings is 8. The second-order valence-electron chi connectivity index (χ2n) is 14.8. The van der Waals surface area contributed by atoms with Gasteiger partial charge in [-0.25, -0.2) is 9.97 Å². The lowest BCUT2D eigenvalue weighted by Gasteiger charge is -2.14. The topological polar surface area (TPSA) is 83.2 Å². The van der Waals surface area contributed by atoms with Gasteiger partial charge in [0.15, 0.2) is 5.82 Å². The van der Waals surface area contributed by atoms with Gasteiger partial charge in [0.25, 0.3) is 0 Å². The zero-order valence-corrected chi connectivity index (χ0v) is 32.2. The Labute approximate surface area is 345 Å². The smallest absolute Gasteiger partial charge is 0.160 e. The normalized spacial score (nSPS) is 11.3. The molecular weight excluding hydrogens is 733 g/mol. The molecule has 11 rings (SSSR count). The molecule has 0 aliphatic carbocycles. The lowest BCUT2D eigenvalue weighted by Crippen LogP contribution is -2.01. The molecule has 0 fully saturated rings. The summed E-state index contributed by atoms with van der Waals surface area (Å²) >= 11 is 0. The molecule has 0 atom stereocenters.